The van der Waals surface area contributed by atoms with Crippen LogP contribution in [-0.2, 0) is 6.42 Å². The number of hydrogen-bond acceptors (Lipinski definition) is 5. The SMILES string of the molecule is N#Cc1cc(C#N)c(Br)cc1Br.N#Cc1cc(C#N)c(N(c2ccccc2)c2ccccc2)cc1Br.c1ccc(Cc2ccccc2)cc1. The minimum absolute atomic E-state index is 0.441. The highest BCUT2D eigenvalue weighted by molar-refractivity contribution is 9.11. The molecule has 0 unspecified atom stereocenters. The summed E-state index contributed by atoms with van der Waals surface area (Å²) in [6.45, 7) is 0. The van der Waals surface area contributed by atoms with E-state index in [4.69, 9.17) is 10.5 Å². The Balaban J connectivity index is 0.000000182. The number of rotatable bonds is 5. The lowest BCUT2D eigenvalue weighted by atomic mass is 10.1. The lowest BCUT2D eigenvalue weighted by Crippen LogP contribution is -2.11. The number of benzene rings is 6. The van der Waals surface area contributed by atoms with Crippen LogP contribution in [0.2, 0.25) is 0 Å². The van der Waals surface area contributed by atoms with Gasteiger partial charge >= 0.3 is 0 Å². The minimum Gasteiger partial charge on any atom is -0.309 e. The fraction of sp³-hybridized carbons (Fsp3) is 0.0244. The van der Waals surface area contributed by atoms with Crippen molar-refractivity contribution < 1.29 is 0 Å². The van der Waals surface area contributed by atoms with E-state index in [1.807, 2.05) is 83.8 Å². The topological polar surface area (TPSA) is 98.4 Å². The Morgan fingerprint density at radius 2 is 0.735 bits per heavy atom. The molecule has 6 rings (SSSR count). The Bertz CT molecular complexity index is 2050. The summed E-state index contributed by atoms with van der Waals surface area (Å²) >= 11 is 9.84. The summed E-state index contributed by atoms with van der Waals surface area (Å²) in [6, 6.07) is 55.6. The monoisotopic (exact) mass is 825 g/mol. The zero-order valence-electron chi connectivity index (χ0n) is 25.9. The van der Waals surface area contributed by atoms with E-state index in [2.05, 4.69) is 121 Å². The maximum Gasteiger partial charge on any atom is 0.101 e. The predicted molar refractivity (Wildman–Crippen MR) is 205 cm³/mol. The fourth-order valence-electron chi connectivity index (χ4n) is 4.65. The van der Waals surface area contributed by atoms with Crippen LogP contribution in [0.3, 0.4) is 0 Å². The normalized spacial score (nSPS) is 9.53. The molecule has 0 saturated heterocycles. The molecule has 0 fully saturated rings. The molecule has 5 nitrogen and oxygen atoms in total. The number of hydrogen-bond donors (Lipinski definition) is 0. The zero-order chi connectivity index (χ0) is 35.0. The molecule has 0 aromatic heterocycles. The minimum atomic E-state index is 0.441. The van der Waals surface area contributed by atoms with Gasteiger partial charge in [0.15, 0.2) is 0 Å². The summed E-state index contributed by atoms with van der Waals surface area (Å²) in [5.41, 5.74) is 7.17. The maximum atomic E-state index is 9.57. The van der Waals surface area contributed by atoms with Crippen molar-refractivity contribution in [3.63, 3.8) is 0 Å². The third-order valence-corrected chi connectivity index (χ3v) is 8.96. The summed E-state index contributed by atoms with van der Waals surface area (Å²) in [5, 5.41) is 36.0. The van der Waals surface area contributed by atoms with E-state index in [9.17, 15) is 10.5 Å². The molecule has 0 heterocycles. The molecule has 8 heteroatoms. The molecule has 0 amide bonds. The molecule has 49 heavy (non-hydrogen) atoms. The van der Waals surface area contributed by atoms with Gasteiger partial charge in [-0.25, -0.2) is 0 Å². The average molecular weight is 828 g/mol. The van der Waals surface area contributed by atoms with E-state index in [0.29, 0.717) is 35.7 Å². The van der Waals surface area contributed by atoms with E-state index < -0.39 is 0 Å². The predicted octanol–water partition coefficient (Wildman–Crippen LogP) is 11.9. The number of nitrogens with zero attached hydrogens (tertiary/aromatic N) is 5. The van der Waals surface area contributed by atoms with Crippen LogP contribution in [0.15, 0.2) is 159 Å². The van der Waals surface area contributed by atoms with Crippen molar-refractivity contribution in [1.29, 1.82) is 21.0 Å². The van der Waals surface area contributed by atoms with E-state index in [1.165, 1.54) is 17.2 Å². The van der Waals surface area contributed by atoms with Gasteiger partial charge in [0.2, 0.25) is 0 Å². The molecule has 0 aliphatic carbocycles. The van der Waals surface area contributed by atoms with Crippen LogP contribution < -0.4 is 4.90 Å². The number of nitriles is 4. The van der Waals surface area contributed by atoms with Crippen LogP contribution in [0.25, 0.3) is 0 Å². The van der Waals surface area contributed by atoms with Crippen LogP contribution in [0.1, 0.15) is 33.4 Å². The van der Waals surface area contributed by atoms with Gasteiger partial charge in [0.1, 0.15) is 24.3 Å². The Kier molecular flexibility index (Phi) is 13.9. The van der Waals surface area contributed by atoms with Crippen molar-refractivity contribution in [3.05, 3.63) is 192 Å². The fourth-order valence-corrected chi connectivity index (χ4v) is 6.24. The van der Waals surface area contributed by atoms with Gasteiger partial charge in [0, 0.05) is 24.8 Å². The molecular weight excluding hydrogens is 802 g/mol. The van der Waals surface area contributed by atoms with Crippen molar-refractivity contribution in [2.24, 2.45) is 0 Å². The number of anilines is 3. The van der Waals surface area contributed by atoms with Gasteiger partial charge in [-0.15, -0.1) is 0 Å². The van der Waals surface area contributed by atoms with Crippen LogP contribution in [0.5, 0.6) is 0 Å². The molecule has 0 N–H and O–H groups in total. The van der Waals surface area contributed by atoms with Gasteiger partial charge in [-0.3, -0.25) is 0 Å². The van der Waals surface area contributed by atoms with Gasteiger partial charge in [-0.2, -0.15) is 21.0 Å². The van der Waals surface area contributed by atoms with Gasteiger partial charge in [0.05, 0.1) is 27.9 Å². The molecule has 0 spiro atoms. The molecular formula is C41H26Br3N5. The smallest absolute Gasteiger partial charge is 0.101 e. The van der Waals surface area contributed by atoms with Gasteiger partial charge in [0.25, 0.3) is 0 Å². The number of halogens is 3. The molecule has 0 aliphatic heterocycles. The largest absolute Gasteiger partial charge is 0.309 e. The van der Waals surface area contributed by atoms with Gasteiger partial charge < -0.3 is 4.90 Å². The lowest BCUT2D eigenvalue weighted by Gasteiger charge is -2.26. The Morgan fingerprint density at radius 1 is 0.408 bits per heavy atom. The molecule has 0 saturated carbocycles. The maximum absolute atomic E-state index is 9.57. The molecule has 0 atom stereocenters. The first-order valence-corrected chi connectivity index (χ1v) is 17.2. The molecule has 0 bridgehead atoms. The first-order valence-electron chi connectivity index (χ1n) is 14.8. The Morgan fingerprint density at radius 3 is 1.10 bits per heavy atom. The molecule has 0 radical (unpaired) electrons. The Labute approximate surface area is 311 Å². The molecule has 6 aromatic rings. The second-order valence-corrected chi connectivity index (χ2v) is 12.8. The van der Waals surface area contributed by atoms with Gasteiger partial charge in [-0.1, -0.05) is 97.1 Å². The van der Waals surface area contributed by atoms with E-state index in [0.717, 1.165) is 23.5 Å². The van der Waals surface area contributed by atoms with E-state index >= 15 is 0 Å². The third-order valence-electron chi connectivity index (χ3n) is 6.99. The van der Waals surface area contributed by atoms with E-state index in [-0.39, 0.29) is 0 Å². The summed E-state index contributed by atoms with van der Waals surface area (Å²) in [5.74, 6) is 0. The molecule has 0 aliphatic rings. The first-order chi connectivity index (χ1) is 23.9. The molecule has 6 aromatic carbocycles. The standard InChI is InChI=1S/C20H12BrN3.C13H12.C8H2Br2N2/c21-19-12-20(16(14-23)11-15(19)13-22)24(17-7-3-1-4-8-17)18-9-5-2-6-10-18;1-3-7-12(8-4-1)11-13-9-5-2-6-10-13;9-7-2-8(10)6(4-12)1-5(7)3-11/h1-12H;1-10H,11H2;1-2H. The van der Waals surface area contributed by atoms with Crippen molar-refractivity contribution in [2.75, 3.05) is 4.90 Å². The molecule has 236 valence electrons. The van der Waals surface area contributed by atoms with Crippen molar-refractivity contribution in [2.45, 2.75) is 6.42 Å². The third kappa shape index (κ3) is 10.3. The summed E-state index contributed by atoms with van der Waals surface area (Å²) < 4.78 is 2.04. The van der Waals surface area contributed by atoms with Crippen molar-refractivity contribution in [3.8, 4) is 24.3 Å². The first kappa shape index (κ1) is 36.4. The average Bonchev–Trinajstić information content (AvgIpc) is 3.14. The Hall–Kier alpha value is -5.48. The second-order valence-electron chi connectivity index (χ2n) is 10.3. The summed E-state index contributed by atoms with van der Waals surface area (Å²) in [7, 11) is 0. The van der Waals surface area contributed by atoms with Crippen LogP contribution >= 0.6 is 47.8 Å². The highest BCUT2D eigenvalue weighted by Crippen LogP contribution is 2.38. The highest BCUT2D eigenvalue weighted by atomic mass is 79.9. The second kappa shape index (κ2) is 18.8. The number of para-hydroxylation sites is 2. The summed E-state index contributed by atoms with van der Waals surface area (Å²) in [6.07, 6.45) is 1.03. The van der Waals surface area contributed by atoms with Crippen molar-refractivity contribution in [1.82, 2.24) is 0 Å². The summed E-state index contributed by atoms with van der Waals surface area (Å²) in [4.78, 5) is 2.00. The van der Waals surface area contributed by atoms with E-state index in [1.54, 1.807) is 12.1 Å². The zero-order valence-corrected chi connectivity index (χ0v) is 30.7. The quantitative estimate of drug-likeness (QED) is 0.172. The van der Waals surface area contributed by atoms with Crippen molar-refractivity contribution >= 4 is 64.9 Å². The van der Waals surface area contributed by atoms with Crippen LogP contribution in [0, 0.1) is 45.3 Å². The van der Waals surface area contributed by atoms with Gasteiger partial charge in [-0.05, 0) is 114 Å². The highest BCUT2D eigenvalue weighted by Gasteiger charge is 2.18. The van der Waals surface area contributed by atoms with Crippen LogP contribution in [-0.4, -0.2) is 0 Å². The lowest BCUT2D eigenvalue weighted by molar-refractivity contribution is 1.19. The van der Waals surface area contributed by atoms with Crippen LogP contribution in [0.4, 0.5) is 17.1 Å².